The minimum absolute atomic E-state index is 0.0690. The fourth-order valence-corrected chi connectivity index (χ4v) is 2.09. The van der Waals surface area contributed by atoms with Crippen molar-refractivity contribution in [2.45, 2.75) is 7.59 Å². The molecule has 1 aromatic carbocycles. The third-order valence-electron chi connectivity index (χ3n) is 2.35. The molecule has 0 radical (unpaired) electrons. The standard InChI is InChI=1S/C11H4Cl7N3O/c12-5-3-4(1-2-6(5)22)7-19-8(10(13,14)15)21-9(20-7)11(16,17)18/h1-3,22H. The zero-order valence-electron chi connectivity index (χ0n) is 10.2. The van der Waals surface area contributed by atoms with Gasteiger partial charge in [-0.2, -0.15) is 0 Å². The Morgan fingerprint density at radius 1 is 0.818 bits per heavy atom. The van der Waals surface area contributed by atoms with Gasteiger partial charge in [-0.3, -0.25) is 0 Å². The van der Waals surface area contributed by atoms with Crippen LogP contribution in [0.1, 0.15) is 11.6 Å². The van der Waals surface area contributed by atoms with Gasteiger partial charge in [0.25, 0.3) is 0 Å². The normalized spacial score (nSPS) is 12.5. The van der Waals surface area contributed by atoms with Crippen molar-refractivity contribution in [2.75, 3.05) is 0 Å². The van der Waals surface area contributed by atoms with E-state index in [1.807, 2.05) is 0 Å². The van der Waals surface area contributed by atoms with Gasteiger partial charge in [-0.05, 0) is 18.2 Å². The van der Waals surface area contributed by atoms with E-state index in [0.29, 0.717) is 5.56 Å². The lowest BCUT2D eigenvalue weighted by molar-refractivity contribution is 0.475. The number of hydrogen-bond acceptors (Lipinski definition) is 4. The van der Waals surface area contributed by atoms with Crippen LogP contribution in [0.4, 0.5) is 0 Å². The van der Waals surface area contributed by atoms with Crippen LogP contribution in [0, 0.1) is 0 Å². The highest BCUT2D eigenvalue weighted by Crippen LogP contribution is 2.41. The molecule has 0 aliphatic heterocycles. The van der Waals surface area contributed by atoms with Crippen LogP contribution < -0.4 is 0 Å². The van der Waals surface area contributed by atoms with Crippen LogP contribution in [0.15, 0.2) is 18.2 Å². The highest BCUT2D eigenvalue weighted by molar-refractivity contribution is 6.67. The number of aromatic nitrogens is 3. The number of aromatic hydroxyl groups is 1. The molecule has 0 fully saturated rings. The van der Waals surface area contributed by atoms with Crippen LogP contribution in [0.25, 0.3) is 11.4 Å². The molecule has 1 heterocycles. The molecule has 0 aliphatic carbocycles. The molecule has 11 heteroatoms. The Bertz CT molecular complexity index is 680. The SMILES string of the molecule is Oc1ccc(-c2nc(C(Cl)(Cl)Cl)nc(C(Cl)(Cl)Cl)n2)cc1Cl. The van der Waals surface area contributed by atoms with Crippen molar-refractivity contribution < 1.29 is 5.11 Å². The summed E-state index contributed by atoms with van der Waals surface area (Å²) in [5.74, 6) is -0.469. The number of phenolic OH excluding ortho intramolecular Hbond substituents is 1. The Labute approximate surface area is 160 Å². The van der Waals surface area contributed by atoms with Crippen LogP contribution in [0.3, 0.4) is 0 Å². The van der Waals surface area contributed by atoms with Crippen molar-refractivity contribution in [3.63, 3.8) is 0 Å². The second-order valence-corrected chi connectivity index (χ2v) is 8.94. The molecule has 2 aromatic rings. The molecule has 2 rings (SSSR count). The average molecular weight is 442 g/mol. The summed E-state index contributed by atoms with van der Waals surface area (Å²) in [4.78, 5) is 11.9. The Morgan fingerprint density at radius 2 is 1.32 bits per heavy atom. The first-order chi connectivity index (χ1) is 9.98. The fourth-order valence-electron chi connectivity index (χ4n) is 1.40. The van der Waals surface area contributed by atoms with Gasteiger partial charge in [-0.25, -0.2) is 15.0 Å². The van der Waals surface area contributed by atoms with E-state index in [1.165, 1.54) is 18.2 Å². The van der Waals surface area contributed by atoms with Gasteiger partial charge in [0.15, 0.2) is 17.5 Å². The molecule has 0 unspecified atom stereocenters. The van der Waals surface area contributed by atoms with Crippen LogP contribution in [-0.4, -0.2) is 20.1 Å². The van der Waals surface area contributed by atoms with Crippen LogP contribution >= 0.6 is 81.2 Å². The highest BCUT2D eigenvalue weighted by Gasteiger charge is 2.34. The number of nitrogens with zero attached hydrogens (tertiary/aromatic N) is 3. The third-order valence-corrected chi connectivity index (χ3v) is 3.67. The van der Waals surface area contributed by atoms with E-state index in [1.54, 1.807) is 0 Å². The van der Waals surface area contributed by atoms with Crippen LogP contribution in [0.5, 0.6) is 5.75 Å². The molecule has 0 saturated heterocycles. The molecule has 0 aliphatic rings. The first kappa shape index (κ1) is 18.4. The van der Waals surface area contributed by atoms with Crippen molar-refractivity contribution in [1.82, 2.24) is 15.0 Å². The quantitative estimate of drug-likeness (QED) is 0.589. The zero-order chi connectivity index (χ0) is 16.7. The van der Waals surface area contributed by atoms with Crippen molar-refractivity contribution in [3.05, 3.63) is 34.9 Å². The second kappa shape index (κ2) is 6.52. The van der Waals surface area contributed by atoms with Crippen molar-refractivity contribution in [1.29, 1.82) is 0 Å². The van der Waals surface area contributed by atoms with Gasteiger partial charge in [0.2, 0.25) is 7.59 Å². The number of phenols is 1. The molecule has 1 aromatic heterocycles. The maximum Gasteiger partial charge on any atom is 0.250 e. The molecular formula is C11H4Cl7N3O. The maximum atomic E-state index is 9.45. The Hall–Kier alpha value is 0.0600. The Kier molecular flexibility index (Phi) is 5.45. The number of benzene rings is 1. The lowest BCUT2D eigenvalue weighted by atomic mass is 10.2. The average Bonchev–Trinajstić information content (AvgIpc) is 2.39. The first-order valence-electron chi connectivity index (χ1n) is 5.38. The minimum Gasteiger partial charge on any atom is -0.506 e. The van der Waals surface area contributed by atoms with E-state index in [0.717, 1.165) is 0 Å². The van der Waals surface area contributed by atoms with Gasteiger partial charge in [0.1, 0.15) is 5.75 Å². The van der Waals surface area contributed by atoms with E-state index in [9.17, 15) is 5.11 Å². The molecule has 4 nitrogen and oxygen atoms in total. The third kappa shape index (κ3) is 4.32. The van der Waals surface area contributed by atoms with Gasteiger partial charge >= 0.3 is 0 Å². The fraction of sp³-hybridized carbons (Fsp3) is 0.182. The summed E-state index contributed by atoms with van der Waals surface area (Å²) in [7, 11) is 0. The second-order valence-electron chi connectivity index (χ2n) is 3.97. The molecule has 22 heavy (non-hydrogen) atoms. The van der Waals surface area contributed by atoms with Gasteiger partial charge < -0.3 is 5.11 Å². The van der Waals surface area contributed by atoms with Crippen LogP contribution in [-0.2, 0) is 7.59 Å². The predicted molar refractivity (Wildman–Crippen MR) is 90.4 cm³/mol. The van der Waals surface area contributed by atoms with Crippen molar-refractivity contribution in [3.8, 4) is 17.1 Å². The highest BCUT2D eigenvalue weighted by atomic mass is 35.6. The van der Waals surface area contributed by atoms with E-state index < -0.39 is 7.59 Å². The lowest BCUT2D eigenvalue weighted by Crippen LogP contribution is -2.16. The minimum atomic E-state index is -1.94. The summed E-state index contributed by atoms with van der Waals surface area (Å²) in [6.07, 6.45) is 0. The number of rotatable bonds is 1. The molecule has 0 atom stereocenters. The van der Waals surface area contributed by atoms with E-state index in [4.69, 9.17) is 81.2 Å². The smallest absolute Gasteiger partial charge is 0.250 e. The van der Waals surface area contributed by atoms with Gasteiger partial charge in [0, 0.05) is 5.56 Å². The Morgan fingerprint density at radius 3 is 1.73 bits per heavy atom. The molecule has 0 spiro atoms. The number of hydrogen-bond donors (Lipinski definition) is 1. The first-order valence-corrected chi connectivity index (χ1v) is 8.02. The number of halogens is 7. The summed E-state index contributed by atoms with van der Waals surface area (Å²) in [6.45, 7) is 0. The van der Waals surface area contributed by atoms with E-state index in [-0.39, 0.29) is 28.2 Å². The summed E-state index contributed by atoms with van der Waals surface area (Å²) in [5, 5.41) is 9.53. The molecular weight excluding hydrogens is 438 g/mol. The van der Waals surface area contributed by atoms with E-state index in [2.05, 4.69) is 15.0 Å². The summed E-state index contributed by atoms with van der Waals surface area (Å²) >= 11 is 40.5. The van der Waals surface area contributed by atoms with Gasteiger partial charge in [-0.15, -0.1) is 0 Å². The zero-order valence-corrected chi connectivity index (χ0v) is 15.5. The molecule has 0 amide bonds. The molecule has 118 valence electrons. The lowest BCUT2D eigenvalue weighted by Gasteiger charge is -2.15. The summed E-state index contributed by atoms with van der Waals surface area (Å²) in [5.41, 5.74) is 0.413. The summed E-state index contributed by atoms with van der Waals surface area (Å²) < 4.78 is -3.88. The van der Waals surface area contributed by atoms with Gasteiger partial charge in [0.05, 0.1) is 5.02 Å². The predicted octanol–water partition coefficient (Wildman–Crippen LogP) is 5.55. The summed E-state index contributed by atoms with van der Waals surface area (Å²) in [6, 6.07) is 4.27. The van der Waals surface area contributed by atoms with Gasteiger partial charge in [-0.1, -0.05) is 81.2 Å². The number of alkyl halides is 6. The van der Waals surface area contributed by atoms with Crippen molar-refractivity contribution >= 4 is 81.2 Å². The van der Waals surface area contributed by atoms with Crippen molar-refractivity contribution in [2.24, 2.45) is 0 Å². The topological polar surface area (TPSA) is 58.9 Å². The monoisotopic (exact) mass is 439 g/mol. The molecule has 0 saturated carbocycles. The molecule has 0 bridgehead atoms. The van der Waals surface area contributed by atoms with Crippen LogP contribution in [0.2, 0.25) is 5.02 Å². The van der Waals surface area contributed by atoms with E-state index >= 15 is 0 Å². The largest absolute Gasteiger partial charge is 0.506 e. The maximum absolute atomic E-state index is 9.45. The Balaban J connectivity index is 2.67. The molecule has 1 N–H and O–H groups in total.